The van der Waals surface area contributed by atoms with E-state index in [4.69, 9.17) is 0 Å². The van der Waals surface area contributed by atoms with Crippen LogP contribution in [0.15, 0.2) is 52.3 Å². The van der Waals surface area contributed by atoms with E-state index in [9.17, 15) is 18.3 Å². The molecule has 1 N–H and O–H groups in total. The molecule has 0 aliphatic carbocycles. The predicted octanol–water partition coefficient (Wildman–Crippen LogP) is 4.65. The van der Waals surface area contributed by atoms with Crippen LogP contribution in [0, 0.1) is 5.92 Å². The van der Waals surface area contributed by atoms with Crippen molar-refractivity contribution in [1.82, 2.24) is 4.31 Å². The highest BCUT2D eigenvalue weighted by Crippen LogP contribution is 2.44. The molecule has 2 atom stereocenters. The smallest absolute Gasteiger partial charge is 0.308 e. The number of fused-ring (bicyclic) bond motifs is 1. The fraction of sp³-hybridized carbons (Fsp3) is 0.480. The Kier molecular flexibility index (Phi) is 7.45. The summed E-state index contributed by atoms with van der Waals surface area (Å²) in [5.41, 5.74) is 2.44. The van der Waals surface area contributed by atoms with Crippen molar-refractivity contribution in [3.63, 3.8) is 0 Å². The zero-order valence-corrected chi connectivity index (χ0v) is 21.6. The van der Waals surface area contributed by atoms with Gasteiger partial charge >= 0.3 is 5.97 Å². The van der Waals surface area contributed by atoms with Crippen molar-refractivity contribution in [2.24, 2.45) is 5.92 Å². The highest BCUT2D eigenvalue weighted by Gasteiger charge is 2.38. The summed E-state index contributed by atoms with van der Waals surface area (Å²) in [7, 11) is -2.06. The van der Waals surface area contributed by atoms with Crippen LogP contribution in [0.2, 0.25) is 0 Å². The third-order valence-corrected chi connectivity index (χ3v) is 9.66. The van der Waals surface area contributed by atoms with Crippen molar-refractivity contribution in [1.29, 1.82) is 0 Å². The van der Waals surface area contributed by atoms with Crippen LogP contribution in [0.25, 0.3) is 0 Å². The Bertz CT molecular complexity index is 1140. The molecule has 9 heteroatoms. The number of carboxylic acids is 1. The number of nitrogens with zero attached hydrogens (tertiary/aromatic N) is 3. The van der Waals surface area contributed by atoms with Gasteiger partial charge < -0.3 is 14.9 Å². The molecule has 0 spiro atoms. The van der Waals surface area contributed by atoms with Gasteiger partial charge in [-0.25, -0.2) is 8.42 Å². The second kappa shape index (κ2) is 10.2. The maximum atomic E-state index is 13.9. The van der Waals surface area contributed by atoms with Crippen LogP contribution in [0.1, 0.15) is 32.6 Å². The number of sulfonamides is 1. The van der Waals surface area contributed by atoms with E-state index >= 15 is 0 Å². The number of anilines is 3. The van der Waals surface area contributed by atoms with Crippen LogP contribution in [0.5, 0.6) is 0 Å². The fourth-order valence-electron chi connectivity index (χ4n) is 4.89. The number of unbranched alkanes of at least 4 members (excludes halogenated alkanes) is 1. The molecular formula is C25H33N3O4S2. The Labute approximate surface area is 206 Å². The Morgan fingerprint density at radius 3 is 2.50 bits per heavy atom. The zero-order chi connectivity index (χ0) is 24.5. The fourth-order valence-corrected chi connectivity index (χ4v) is 7.08. The number of hydrogen-bond donors (Lipinski definition) is 1. The monoisotopic (exact) mass is 503 g/mol. The summed E-state index contributed by atoms with van der Waals surface area (Å²) < 4.78 is 29.3. The number of rotatable bonds is 7. The van der Waals surface area contributed by atoms with Crippen LogP contribution >= 0.6 is 11.8 Å². The molecule has 2 heterocycles. The molecule has 2 aromatic carbocycles. The summed E-state index contributed by atoms with van der Waals surface area (Å²) in [4.78, 5) is 16.9. The van der Waals surface area contributed by atoms with E-state index < -0.39 is 21.9 Å². The topological polar surface area (TPSA) is 81.2 Å². The Morgan fingerprint density at radius 1 is 1.15 bits per heavy atom. The first kappa shape index (κ1) is 24.9. The third-order valence-electron chi connectivity index (χ3n) is 6.95. The number of hydrogen-bond acceptors (Lipinski definition) is 6. The molecule has 0 radical (unpaired) electrons. The zero-order valence-electron chi connectivity index (χ0n) is 20.0. The maximum absolute atomic E-state index is 13.9. The van der Waals surface area contributed by atoms with Crippen molar-refractivity contribution in [3.8, 4) is 0 Å². The molecular weight excluding hydrogens is 470 g/mol. The Balaban J connectivity index is 1.87. The van der Waals surface area contributed by atoms with Crippen LogP contribution in [-0.4, -0.2) is 62.8 Å². The van der Waals surface area contributed by atoms with Crippen molar-refractivity contribution < 1.29 is 18.3 Å². The molecule has 184 valence electrons. The lowest BCUT2D eigenvalue weighted by atomic mass is 10.1. The molecule has 34 heavy (non-hydrogen) atoms. The van der Waals surface area contributed by atoms with Gasteiger partial charge in [0.1, 0.15) is 4.90 Å². The lowest BCUT2D eigenvalue weighted by Crippen LogP contribution is -2.40. The predicted molar refractivity (Wildman–Crippen MR) is 138 cm³/mol. The van der Waals surface area contributed by atoms with E-state index in [1.54, 1.807) is 24.9 Å². The molecule has 0 aromatic heterocycles. The van der Waals surface area contributed by atoms with Crippen molar-refractivity contribution in [2.45, 2.75) is 48.4 Å². The lowest BCUT2D eigenvalue weighted by Gasteiger charge is -2.30. The maximum Gasteiger partial charge on any atom is 0.308 e. The van der Waals surface area contributed by atoms with Crippen LogP contribution in [0.3, 0.4) is 0 Å². The second-order valence-electron chi connectivity index (χ2n) is 9.03. The number of aliphatic carboxylic acids is 1. The van der Waals surface area contributed by atoms with Gasteiger partial charge in [0.05, 0.1) is 17.3 Å². The number of para-hydroxylation sites is 1. The van der Waals surface area contributed by atoms with Gasteiger partial charge in [-0.1, -0.05) is 38.0 Å². The van der Waals surface area contributed by atoms with Crippen molar-refractivity contribution in [3.05, 3.63) is 42.5 Å². The largest absolute Gasteiger partial charge is 0.481 e. The average Bonchev–Trinajstić information content (AvgIpc) is 3.31. The van der Waals surface area contributed by atoms with Gasteiger partial charge in [-0.05, 0) is 43.4 Å². The van der Waals surface area contributed by atoms with Crippen molar-refractivity contribution in [2.75, 3.05) is 42.7 Å². The average molecular weight is 504 g/mol. The normalized spacial score (nSPS) is 22.4. The Morgan fingerprint density at radius 2 is 1.88 bits per heavy atom. The van der Waals surface area contributed by atoms with Gasteiger partial charge in [-0.15, -0.1) is 11.8 Å². The van der Waals surface area contributed by atoms with Crippen LogP contribution < -0.4 is 9.80 Å². The minimum Gasteiger partial charge on any atom is -0.481 e. The van der Waals surface area contributed by atoms with Gasteiger partial charge in [-0.2, -0.15) is 4.31 Å². The summed E-state index contributed by atoms with van der Waals surface area (Å²) in [6.45, 7) is 3.68. The molecule has 2 aliphatic rings. The highest BCUT2D eigenvalue weighted by atomic mass is 32.2. The molecule has 0 saturated carbocycles. The summed E-state index contributed by atoms with van der Waals surface area (Å²) in [5.74, 6) is -1.24. The highest BCUT2D eigenvalue weighted by molar-refractivity contribution is 7.98. The minimum atomic E-state index is -3.75. The minimum absolute atomic E-state index is 0.151. The first-order valence-electron chi connectivity index (χ1n) is 11.8. The van der Waals surface area contributed by atoms with Gasteiger partial charge in [-0.3, -0.25) is 4.79 Å². The third kappa shape index (κ3) is 4.65. The molecule has 2 aromatic rings. The first-order valence-corrected chi connectivity index (χ1v) is 14.4. The van der Waals surface area contributed by atoms with Crippen LogP contribution in [0.4, 0.5) is 17.1 Å². The van der Waals surface area contributed by atoms with E-state index in [0.717, 1.165) is 35.5 Å². The SMILES string of the molecule is CCCCC1CN(c2ccccc2)c2cc(SC)c(N3CC[C@@H](C(=O)O)C3)cc2S(=O)(=O)N1C. The van der Waals surface area contributed by atoms with E-state index in [2.05, 4.69) is 11.8 Å². The molecule has 4 rings (SSSR count). The van der Waals surface area contributed by atoms with Gasteiger partial charge in [0.2, 0.25) is 10.0 Å². The van der Waals surface area contributed by atoms with Gasteiger partial charge in [0, 0.05) is 43.3 Å². The number of benzene rings is 2. The number of carboxylic acid groups (broad SMARTS) is 1. The van der Waals surface area contributed by atoms with Crippen molar-refractivity contribution >= 4 is 44.8 Å². The first-order chi connectivity index (χ1) is 16.3. The van der Waals surface area contributed by atoms with Gasteiger partial charge in [0.15, 0.2) is 0 Å². The number of carbonyl (C=O) groups is 1. The second-order valence-corrected chi connectivity index (χ2v) is 11.8. The number of likely N-dealkylation sites (N-methyl/N-ethyl adjacent to an activating group) is 1. The quantitative estimate of drug-likeness (QED) is 0.551. The molecule has 1 saturated heterocycles. The summed E-state index contributed by atoms with van der Waals surface area (Å²) in [6, 6.07) is 13.5. The molecule has 2 aliphatic heterocycles. The molecule has 1 unspecified atom stereocenters. The lowest BCUT2D eigenvalue weighted by molar-refractivity contribution is -0.140. The standard InChI is InChI=1S/C25H33N3O4S2/c1-4-5-9-20-17-28(19-10-7-6-8-11-19)22-14-23(33-3)21(15-24(22)34(31,32)26(20)2)27-13-12-18(16-27)25(29)30/h6-8,10-11,14-15,18,20H,4-5,9,12-13,16-17H2,1-3H3,(H,29,30)/t18-,20?/m1/s1. The molecule has 7 nitrogen and oxygen atoms in total. The molecule has 0 amide bonds. The summed E-state index contributed by atoms with van der Waals surface area (Å²) in [5, 5.41) is 9.47. The summed E-state index contributed by atoms with van der Waals surface area (Å²) >= 11 is 1.56. The van der Waals surface area contributed by atoms with Crippen LogP contribution in [-0.2, 0) is 14.8 Å². The van der Waals surface area contributed by atoms with Gasteiger partial charge in [0.25, 0.3) is 0 Å². The molecule has 0 bridgehead atoms. The van der Waals surface area contributed by atoms with E-state index in [1.165, 1.54) is 4.31 Å². The Hall–Kier alpha value is -2.23. The van der Waals surface area contributed by atoms with E-state index in [-0.39, 0.29) is 10.9 Å². The number of thioether (sulfide) groups is 1. The summed E-state index contributed by atoms with van der Waals surface area (Å²) in [6.07, 6.45) is 5.28. The molecule has 1 fully saturated rings. The van der Waals surface area contributed by atoms with E-state index in [1.807, 2.05) is 47.6 Å². The van der Waals surface area contributed by atoms with E-state index in [0.29, 0.717) is 31.7 Å².